The van der Waals surface area contributed by atoms with E-state index in [9.17, 15) is 14.7 Å². The van der Waals surface area contributed by atoms with Gasteiger partial charge in [-0.1, -0.05) is 49.8 Å². The van der Waals surface area contributed by atoms with Crippen LogP contribution in [0.4, 0.5) is 0 Å². The molecule has 0 amide bonds. The van der Waals surface area contributed by atoms with Crippen molar-refractivity contribution in [1.82, 2.24) is 0 Å². The molecule has 1 aromatic rings. The summed E-state index contributed by atoms with van der Waals surface area (Å²) in [5.41, 5.74) is 0.790. The summed E-state index contributed by atoms with van der Waals surface area (Å²) >= 11 is 0. The first-order valence-corrected chi connectivity index (χ1v) is 5.95. The van der Waals surface area contributed by atoms with Crippen molar-refractivity contribution in [3.63, 3.8) is 0 Å². The zero-order valence-electron chi connectivity index (χ0n) is 10.1. The van der Waals surface area contributed by atoms with E-state index in [1.807, 2.05) is 6.92 Å². The molecule has 0 spiro atoms. The third-order valence-electron chi connectivity index (χ3n) is 2.87. The Labute approximate surface area is 105 Å². The highest BCUT2D eigenvalue weighted by Crippen LogP contribution is 2.28. The fraction of sp³-hybridized carbons (Fsp3) is 0.200. The lowest BCUT2D eigenvalue weighted by atomic mass is 9.88. The van der Waals surface area contributed by atoms with Gasteiger partial charge in [0, 0.05) is 11.1 Å². The molecule has 0 heterocycles. The van der Waals surface area contributed by atoms with Crippen molar-refractivity contribution in [1.29, 1.82) is 0 Å². The number of hydrogen-bond acceptors (Lipinski definition) is 3. The Hall–Kier alpha value is -2.16. The lowest BCUT2D eigenvalue weighted by Gasteiger charge is -2.15. The fourth-order valence-corrected chi connectivity index (χ4v) is 1.91. The van der Waals surface area contributed by atoms with Crippen LogP contribution in [0.25, 0.3) is 5.76 Å². The summed E-state index contributed by atoms with van der Waals surface area (Å²) < 4.78 is 0. The molecule has 1 N–H and O–H groups in total. The van der Waals surface area contributed by atoms with Crippen molar-refractivity contribution < 1.29 is 14.7 Å². The Morgan fingerprint density at radius 3 is 2.44 bits per heavy atom. The largest absolute Gasteiger partial charge is 0.507 e. The van der Waals surface area contributed by atoms with Crippen LogP contribution < -0.4 is 0 Å². The van der Waals surface area contributed by atoms with E-state index >= 15 is 0 Å². The molecule has 1 aromatic carbocycles. The van der Waals surface area contributed by atoms with Crippen LogP contribution in [0, 0.1) is 0 Å². The van der Waals surface area contributed by atoms with Gasteiger partial charge in [-0.05, 0) is 6.42 Å². The van der Waals surface area contributed by atoms with Crippen molar-refractivity contribution in [2.24, 2.45) is 0 Å². The first-order chi connectivity index (χ1) is 8.66. The van der Waals surface area contributed by atoms with Gasteiger partial charge in [-0.2, -0.15) is 0 Å². The highest BCUT2D eigenvalue weighted by Gasteiger charge is 2.30. The van der Waals surface area contributed by atoms with Crippen molar-refractivity contribution in [2.45, 2.75) is 19.8 Å². The zero-order valence-corrected chi connectivity index (χ0v) is 10.1. The van der Waals surface area contributed by atoms with Crippen LogP contribution in [0.5, 0.6) is 0 Å². The Morgan fingerprint density at radius 2 is 1.78 bits per heavy atom. The van der Waals surface area contributed by atoms with E-state index in [1.54, 1.807) is 30.3 Å². The van der Waals surface area contributed by atoms with Gasteiger partial charge in [0.05, 0.1) is 5.57 Å². The van der Waals surface area contributed by atoms with Crippen LogP contribution in [-0.2, 0) is 4.79 Å². The van der Waals surface area contributed by atoms with Crippen molar-refractivity contribution >= 4 is 17.3 Å². The third-order valence-corrected chi connectivity index (χ3v) is 2.87. The van der Waals surface area contributed by atoms with E-state index in [2.05, 4.69) is 0 Å². The van der Waals surface area contributed by atoms with Crippen LogP contribution in [0.1, 0.15) is 35.7 Å². The van der Waals surface area contributed by atoms with E-state index in [1.165, 1.54) is 6.08 Å². The minimum absolute atomic E-state index is 0.0900. The minimum atomic E-state index is -0.640. The summed E-state index contributed by atoms with van der Waals surface area (Å²) in [5, 5.41) is 10.1. The van der Waals surface area contributed by atoms with Crippen LogP contribution in [0.15, 0.2) is 42.0 Å². The number of ketones is 2. The third kappa shape index (κ3) is 1.99. The number of aliphatic hydroxyl groups excluding tert-OH is 1. The standard InChI is InChI=1S/C15H14O3/c1-2-3-4-9-12-13(16)10-7-5-6-8-11(10)14(17)15(12)18/h4-9,16H,2-3H2,1H3/b9-4+. The summed E-state index contributed by atoms with van der Waals surface area (Å²) in [7, 11) is 0. The average molecular weight is 242 g/mol. The number of carbonyl (C=O) groups is 2. The summed E-state index contributed by atoms with van der Waals surface area (Å²) in [5.74, 6) is -1.30. The van der Waals surface area contributed by atoms with Gasteiger partial charge in [0.25, 0.3) is 0 Å². The van der Waals surface area contributed by atoms with Crippen LogP contribution in [0.3, 0.4) is 0 Å². The van der Waals surface area contributed by atoms with Crippen LogP contribution in [0.2, 0.25) is 0 Å². The second-order valence-corrected chi connectivity index (χ2v) is 4.16. The fourth-order valence-electron chi connectivity index (χ4n) is 1.91. The molecule has 0 aromatic heterocycles. The molecule has 18 heavy (non-hydrogen) atoms. The van der Waals surface area contributed by atoms with Crippen molar-refractivity contribution in [2.75, 3.05) is 0 Å². The second-order valence-electron chi connectivity index (χ2n) is 4.16. The normalized spacial score (nSPS) is 15.4. The number of allylic oxidation sites excluding steroid dienone is 3. The molecular formula is C15H14O3. The molecule has 0 aliphatic heterocycles. The molecule has 0 saturated carbocycles. The maximum Gasteiger partial charge on any atom is 0.237 e. The second kappa shape index (κ2) is 5.00. The molecule has 92 valence electrons. The Kier molecular flexibility index (Phi) is 3.42. The Balaban J connectivity index is 2.52. The summed E-state index contributed by atoms with van der Waals surface area (Å²) in [6.07, 6.45) is 5.09. The number of hydrogen-bond donors (Lipinski definition) is 1. The molecule has 3 nitrogen and oxygen atoms in total. The summed E-state index contributed by atoms with van der Waals surface area (Å²) in [6, 6.07) is 6.60. The Bertz CT molecular complexity index is 565. The average Bonchev–Trinajstić information content (AvgIpc) is 2.40. The highest BCUT2D eigenvalue weighted by molar-refractivity contribution is 6.52. The maximum atomic E-state index is 11.9. The van der Waals surface area contributed by atoms with E-state index in [4.69, 9.17) is 0 Å². The first-order valence-electron chi connectivity index (χ1n) is 5.95. The van der Waals surface area contributed by atoms with Crippen LogP contribution in [-0.4, -0.2) is 16.7 Å². The molecule has 3 heteroatoms. The molecule has 0 saturated heterocycles. The molecule has 1 aliphatic rings. The molecule has 2 rings (SSSR count). The van der Waals surface area contributed by atoms with Gasteiger partial charge in [-0.25, -0.2) is 0 Å². The monoisotopic (exact) mass is 242 g/mol. The quantitative estimate of drug-likeness (QED) is 0.829. The van der Waals surface area contributed by atoms with E-state index in [-0.39, 0.29) is 16.9 Å². The number of carbonyl (C=O) groups excluding carboxylic acids is 2. The number of unbranched alkanes of at least 4 members (excludes halogenated alkanes) is 1. The van der Waals surface area contributed by atoms with Gasteiger partial charge >= 0.3 is 0 Å². The van der Waals surface area contributed by atoms with Gasteiger partial charge in [-0.15, -0.1) is 0 Å². The molecule has 1 aliphatic carbocycles. The number of benzene rings is 1. The number of aliphatic hydroxyl groups is 1. The molecule has 0 bridgehead atoms. The Morgan fingerprint density at radius 1 is 1.11 bits per heavy atom. The molecule has 0 unspecified atom stereocenters. The van der Waals surface area contributed by atoms with E-state index in [0.717, 1.165) is 12.8 Å². The summed E-state index contributed by atoms with van der Waals surface area (Å²) in [4.78, 5) is 23.8. The number of Topliss-reactive ketones (excluding diaryl/α,β-unsaturated/α-hetero) is 2. The van der Waals surface area contributed by atoms with Crippen molar-refractivity contribution in [3.8, 4) is 0 Å². The number of fused-ring (bicyclic) bond motifs is 1. The van der Waals surface area contributed by atoms with Gasteiger partial charge in [0.1, 0.15) is 5.76 Å². The van der Waals surface area contributed by atoms with E-state index < -0.39 is 11.6 Å². The van der Waals surface area contributed by atoms with E-state index in [0.29, 0.717) is 5.56 Å². The molecule has 0 atom stereocenters. The van der Waals surface area contributed by atoms with Crippen molar-refractivity contribution in [3.05, 3.63) is 53.1 Å². The smallest absolute Gasteiger partial charge is 0.237 e. The lowest BCUT2D eigenvalue weighted by Crippen LogP contribution is -2.23. The SMILES string of the molecule is CCC/C=C/C1=C(O)c2ccccc2C(=O)C1=O. The molecule has 0 radical (unpaired) electrons. The topological polar surface area (TPSA) is 54.4 Å². The first kappa shape index (κ1) is 12.3. The van der Waals surface area contributed by atoms with Gasteiger partial charge in [0.2, 0.25) is 11.6 Å². The molecular weight excluding hydrogens is 228 g/mol. The zero-order chi connectivity index (χ0) is 13.1. The highest BCUT2D eigenvalue weighted by atomic mass is 16.3. The lowest BCUT2D eigenvalue weighted by molar-refractivity contribution is -0.111. The van der Waals surface area contributed by atoms with Gasteiger partial charge < -0.3 is 5.11 Å². The molecule has 0 fully saturated rings. The summed E-state index contributed by atoms with van der Waals surface area (Å²) in [6.45, 7) is 2.02. The predicted molar refractivity (Wildman–Crippen MR) is 69.4 cm³/mol. The van der Waals surface area contributed by atoms with Gasteiger partial charge in [-0.3, -0.25) is 9.59 Å². The number of rotatable bonds is 3. The minimum Gasteiger partial charge on any atom is -0.507 e. The predicted octanol–water partition coefficient (Wildman–Crippen LogP) is 3.08. The van der Waals surface area contributed by atoms with Gasteiger partial charge in [0.15, 0.2) is 0 Å². The van der Waals surface area contributed by atoms with Crippen LogP contribution >= 0.6 is 0 Å². The maximum absolute atomic E-state index is 11.9.